The van der Waals surface area contributed by atoms with E-state index in [4.69, 9.17) is 11.6 Å². The molecule has 0 bridgehead atoms. The molecule has 0 N–H and O–H groups in total. The smallest absolute Gasteiger partial charge is 0.229 e. The van der Waals surface area contributed by atoms with Gasteiger partial charge in [0.05, 0.1) is 5.41 Å². The molecule has 1 saturated heterocycles. The van der Waals surface area contributed by atoms with Crippen molar-refractivity contribution in [1.29, 1.82) is 0 Å². The first-order chi connectivity index (χ1) is 7.36. The molecule has 0 aliphatic carbocycles. The molecule has 16 heavy (non-hydrogen) atoms. The fraction of sp³-hybridized carbons (Fsp3) is 0.917. The molecule has 1 atom stereocenters. The zero-order valence-electron chi connectivity index (χ0n) is 10.8. The number of carbonyl (C=O) groups excluding carboxylic acids is 1. The van der Waals surface area contributed by atoms with E-state index in [1.807, 2.05) is 25.8 Å². The second-order valence-electron chi connectivity index (χ2n) is 5.62. The van der Waals surface area contributed by atoms with Gasteiger partial charge in [0, 0.05) is 26.0 Å². The number of hydrogen-bond donors (Lipinski definition) is 0. The minimum Gasteiger partial charge on any atom is -0.345 e. The summed E-state index contributed by atoms with van der Waals surface area (Å²) >= 11 is 5.82. The van der Waals surface area contributed by atoms with Gasteiger partial charge in [0.1, 0.15) is 0 Å². The van der Waals surface area contributed by atoms with Crippen LogP contribution in [0.1, 0.15) is 20.3 Å². The van der Waals surface area contributed by atoms with E-state index in [1.165, 1.54) is 6.42 Å². The summed E-state index contributed by atoms with van der Waals surface area (Å²) in [4.78, 5) is 16.2. The molecule has 1 amide bonds. The van der Waals surface area contributed by atoms with Gasteiger partial charge in [-0.05, 0) is 39.8 Å². The number of amides is 1. The van der Waals surface area contributed by atoms with E-state index in [0.717, 1.165) is 19.6 Å². The normalized spacial score (nSPS) is 22.4. The molecule has 94 valence electrons. The van der Waals surface area contributed by atoms with Crippen molar-refractivity contribution >= 4 is 17.5 Å². The van der Waals surface area contributed by atoms with Gasteiger partial charge in [-0.2, -0.15) is 0 Å². The maximum atomic E-state index is 12.1. The predicted molar refractivity (Wildman–Crippen MR) is 67.7 cm³/mol. The third-order valence-electron chi connectivity index (χ3n) is 3.28. The summed E-state index contributed by atoms with van der Waals surface area (Å²) in [5.74, 6) is 1.14. The summed E-state index contributed by atoms with van der Waals surface area (Å²) < 4.78 is 0. The van der Waals surface area contributed by atoms with Crippen molar-refractivity contribution in [1.82, 2.24) is 9.80 Å². The second kappa shape index (κ2) is 5.37. The first-order valence-electron chi connectivity index (χ1n) is 5.87. The maximum absolute atomic E-state index is 12.1. The molecule has 1 rings (SSSR count). The van der Waals surface area contributed by atoms with Gasteiger partial charge in [-0.1, -0.05) is 0 Å². The van der Waals surface area contributed by atoms with Gasteiger partial charge in [-0.15, -0.1) is 11.6 Å². The number of rotatable bonds is 4. The molecule has 1 heterocycles. The van der Waals surface area contributed by atoms with Gasteiger partial charge in [-0.3, -0.25) is 4.79 Å². The highest BCUT2D eigenvalue weighted by atomic mass is 35.5. The summed E-state index contributed by atoms with van der Waals surface area (Å²) in [6.07, 6.45) is 1.19. The molecule has 0 aromatic carbocycles. The number of nitrogens with zero attached hydrogens (tertiary/aromatic N) is 2. The first kappa shape index (κ1) is 13.8. The molecule has 0 aromatic heterocycles. The summed E-state index contributed by atoms with van der Waals surface area (Å²) in [6.45, 7) is 6.90. The molecular formula is C12H23ClN2O. The zero-order valence-corrected chi connectivity index (χ0v) is 11.5. The highest BCUT2D eigenvalue weighted by Gasteiger charge is 2.31. The van der Waals surface area contributed by atoms with Gasteiger partial charge < -0.3 is 9.80 Å². The van der Waals surface area contributed by atoms with E-state index in [1.54, 1.807) is 0 Å². The fourth-order valence-corrected chi connectivity index (χ4v) is 2.33. The fourth-order valence-electron chi connectivity index (χ4n) is 2.22. The predicted octanol–water partition coefficient (Wildman–Crippen LogP) is 1.66. The lowest BCUT2D eigenvalue weighted by Gasteiger charge is -2.29. The van der Waals surface area contributed by atoms with Gasteiger partial charge >= 0.3 is 0 Å². The van der Waals surface area contributed by atoms with Crippen LogP contribution in [0, 0.1) is 11.3 Å². The SMILES string of the molecule is CN1CCC(CN(C)C(=O)C(C)(C)CCl)C1. The number of likely N-dealkylation sites (tertiary alicyclic amines) is 1. The lowest BCUT2D eigenvalue weighted by Crippen LogP contribution is -2.42. The number of carbonyl (C=O) groups is 1. The van der Waals surface area contributed by atoms with E-state index >= 15 is 0 Å². The van der Waals surface area contributed by atoms with Crippen LogP contribution in [0.4, 0.5) is 0 Å². The lowest BCUT2D eigenvalue weighted by atomic mass is 9.94. The van der Waals surface area contributed by atoms with Crippen molar-refractivity contribution < 1.29 is 4.79 Å². The van der Waals surface area contributed by atoms with E-state index in [2.05, 4.69) is 11.9 Å². The standard InChI is InChI=1S/C12H23ClN2O/c1-12(2,9-13)11(16)15(4)8-10-5-6-14(3)7-10/h10H,5-9H2,1-4H3. The molecular weight excluding hydrogens is 224 g/mol. The topological polar surface area (TPSA) is 23.6 Å². The summed E-state index contributed by atoms with van der Waals surface area (Å²) in [7, 11) is 4.01. The third kappa shape index (κ3) is 3.36. The van der Waals surface area contributed by atoms with Crippen LogP contribution < -0.4 is 0 Å². The minimum absolute atomic E-state index is 0.150. The van der Waals surface area contributed by atoms with Crippen molar-refractivity contribution in [2.45, 2.75) is 20.3 Å². The quantitative estimate of drug-likeness (QED) is 0.705. The van der Waals surface area contributed by atoms with Crippen LogP contribution in [-0.4, -0.2) is 55.3 Å². The highest BCUT2D eigenvalue weighted by molar-refractivity contribution is 6.19. The lowest BCUT2D eigenvalue weighted by molar-refractivity contribution is -0.138. The van der Waals surface area contributed by atoms with Crippen LogP contribution in [0.15, 0.2) is 0 Å². The highest BCUT2D eigenvalue weighted by Crippen LogP contribution is 2.22. The van der Waals surface area contributed by atoms with Crippen LogP contribution >= 0.6 is 11.6 Å². The molecule has 1 fully saturated rings. The van der Waals surface area contributed by atoms with E-state index < -0.39 is 5.41 Å². The van der Waals surface area contributed by atoms with Crippen LogP contribution in [0.5, 0.6) is 0 Å². The van der Waals surface area contributed by atoms with Gasteiger partial charge in [0.15, 0.2) is 0 Å². The molecule has 0 spiro atoms. The Morgan fingerprint density at radius 3 is 2.62 bits per heavy atom. The van der Waals surface area contributed by atoms with E-state index in [9.17, 15) is 4.79 Å². The van der Waals surface area contributed by atoms with Crippen molar-refractivity contribution in [3.8, 4) is 0 Å². The Bertz CT molecular complexity index is 255. The third-order valence-corrected chi connectivity index (χ3v) is 3.95. The molecule has 0 saturated carbocycles. The van der Waals surface area contributed by atoms with Gasteiger partial charge in [0.25, 0.3) is 0 Å². The van der Waals surface area contributed by atoms with Crippen LogP contribution in [0.3, 0.4) is 0 Å². The largest absolute Gasteiger partial charge is 0.345 e. The Hall–Kier alpha value is -0.280. The number of alkyl halides is 1. The Labute approximate surface area is 104 Å². The van der Waals surface area contributed by atoms with Gasteiger partial charge in [0.2, 0.25) is 5.91 Å². The minimum atomic E-state index is -0.444. The summed E-state index contributed by atoms with van der Waals surface area (Å²) in [5.41, 5.74) is -0.444. The van der Waals surface area contributed by atoms with E-state index in [-0.39, 0.29) is 5.91 Å². The molecule has 3 nitrogen and oxygen atoms in total. The van der Waals surface area contributed by atoms with Crippen molar-refractivity contribution in [3.05, 3.63) is 0 Å². The van der Waals surface area contributed by atoms with Crippen LogP contribution in [0.25, 0.3) is 0 Å². The van der Waals surface area contributed by atoms with Crippen molar-refractivity contribution in [2.24, 2.45) is 11.3 Å². The van der Waals surface area contributed by atoms with Crippen molar-refractivity contribution in [2.75, 3.05) is 39.6 Å². The Kier molecular flexibility index (Phi) is 4.62. The molecule has 0 radical (unpaired) electrons. The molecule has 1 unspecified atom stereocenters. The number of hydrogen-bond acceptors (Lipinski definition) is 2. The van der Waals surface area contributed by atoms with E-state index in [0.29, 0.717) is 11.8 Å². The first-order valence-corrected chi connectivity index (χ1v) is 6.40. The zero-order chi connectivity index (χ0) is 12.3. The molecule has 1 aliphatic heterocycles. The molecule has 1 aliphatic rings. The summed E-state index contributed by atoms with van der Waals surface area (Å²) in [5, 5.41) is 0. The second-order valence-corrected chi connectivity index (χ2v) is 5.89. The van der Waals surface area contributed by atoms with Crippen LogP contribution in [0.2, 0.25) is 0 Å². The number of halogens is 1. The Balaban J connectivity index is 2.46. The maximum Gasteiger partial charge on any atom is 0.229 e. The van der Waals surface area contributed by atoms with Gasteiger partial charge in [-0.25, -0.2) is 0 Å². The Morgan fingerprint density at radius 2 is 2.19 bits per heavy atom. The van der Waals surface area contributed by atoms with Crippen LogP contribution in [-0.2, 0) is 4.79 Å². The summed E-state index contributed by atoms with van der Waals surface area (Å²) in [6, 6.07) is 0. The monoisotopic (exact) mass is 246 g/mol. The average Bonchev–Trinajstić information content (AvgIpc) is 2.62. The molecule has 0 aromatic rings. The van der Waals surface area contributed by atoms with Crippen molar-refractivity contribution in [3.63, 3.8) is 0 Å². The Morgan fingerprint density at radius 1 is 1.56 bits per heavy atom. The average molecular weight is 247 g/mol. The molecule has 4 heteroatoms.